The molecule has 0 aliphatic rings. The van der Waals surface area contributed by atoms with Crippen molar-refractivity contribution >= 4 is 70.9 Å². The average molecular weight is 724 g/mol. The minimum absolute atomic E-state index is 1.11. The monoisotopic (exact) mass is 723 g/mol. The van der Waals surface area contributed by atoms with Crippen molar-refractivity contribution in [2.24, 2.45) is 0 Å². The molecule has 11 aromatic rings. The lowest BCUT2D eigenvalue weighted by atomic mass is 9.92. The van der Waals surface area contributed by atoms with Crippen LogP contribution in [0, 0.1) is 0 Å². The van der Waals surface area contributed by atoms with Gasteiger partial charge in [0.05, 0.1) is 11.4 Å². The summed E-state index contributed by atoms with van der Waals surface area (Å²) >= 11 is 0. The van der Waals surface area contributed by atoms with E-state index in [1.54, 1.807) is 0 Å². The summed E-state index contributed by atoms with van der Waals surface area (Å²) in [6, 6.07) is 82.1. The molecule has 1 nitrogen and oxygen atoms in total. The second-order valence-corrected chi connectivity index (χ2v) is 14.9. The van der Waals surface area contributed by atoms with Gasteiger partial charge in [0.2, 0.25) is 0 Å². The summed E-state index contributed by atoms with van der Waals surface area (Å²) < 4.78 is 0. The first-order valence-electron chi connectivity index (χ1n) is 19.7. The van der Waals surface area contributed by atoms with Crippen LogP contribution in [0.3, 0.4) is 0 Å². The van der Waals surface area contributed by atoms with E-state index in [0.29, 0.717) is 0 Å². The normalized spacial score (nSPS) is 11.5. The molecule has 0 spiro atoms. The fraction of sp³-hybridized carbons (Fsp3) is 0. The third-order valence-electron chi connectivity index (χ3n) is 11.6. The molecular weight excluding hydrogens is 687 g/mol. The zero-order valence-corrected chi connectivity index (χ0v) is 31.3. The summed E-state index contributed by atoms with van der Waals surface area (Å²) in [7, 11) is 0. The standard InChI is InChI=1S/C56H37N/c1-3-14-38(15-4-1)49-33-32-45(36-54(49)57(47-20-5-2-6-21-47)55-37-46-17-8-9-22-48(46)51-24-11-12-25-52(51)55)43-19-13-18-42(34-43)44-31-28-40-27-30-41-29-26-39-16-7-10-23-50(39)56(41)53(40)35-44/h1-37H. The molecule has 0 unspecified atom stereocenters. The lowest BCUT2D eigenvalue weighted by Crippen LogP contribution is -2.12. The van der Waals surface area contributed by atoms with E-state index >= 15 is 0 Å². The average Bonchev–Trinajstić information content (AvgIpc) is 3.29. The molecule has 0 aliphatic heterocycles. The number of hydrogen-bond donors (Lipinski definition) is 0. The molecule has 0 bridgehead atoms. The van der Waals surface area contributed by atoms with Crippen LogP contribution < -0.4 is 4.90 Å². The number of rotatable bonds is 6. The van der Waals surface area contributed by atoms with Gasteiger partial charge in [0.1, 0.15) is 0 Å². The highest BCUT2D eigenvalue weighted by molar-refractivity contribution is 6.21. The van der Waals surface area contributed by atoms with E-state index in [1.165, 1.54) is 81.7 Å². The van der Waals surface area contributed by atoms with E-state index in [9.17, 15) is 0 Å². The first kappa shape index (κ1) is 32.9. The third-order valence-corrected chi connectivity index (χ3v) is 11.6. The van der Waals surface area contributed by atoms with Crippen molar-refractivity contribution in [3.63, 3.8) is 0 Å². The Morgan fingerprint density at radius 3 is 1.54 bits per heavy atom. The van der Waals surface area contributed by atoms with Gasteiger partial charge in [0.25, 0.3) is 0 Å². The second-order valence-electron chi connectivity index (χ2n) is 14.9. The van der Waals surface area contributed by atoms with Gasteiger partial charge in [-0.1, -0.05) is 188 Å². The molecule has 57 heavy (non-hydrogen) atoms. The van der Waals surface area contributed by atoms with Gasteiger partial charge in [-0.15, -0.1) is 0 Å². The molecular formula is C56H37N. The summed E-state index contributed by atoms with van der Waals surface area (Å²) in [6.07, 6.45) is 0. The Kier molecular flexibility index (Phi) is 7.89. The van der Waals surface area contributed by atoms with Crippen LogP contribution in [0.4, 0.5) is 17.1 Å². The number of anilines is 3. The number of hydrogen-bond acceptors (Lipinski definition) is 1. The van der Waals surface area contributed by atoms with E-state index in [1.807, 2.05) is 0 Å². The Labute approximate surface area is 332 Å². The number of para-hydroxylation sites is 1. The molecule has 11 rings (SSSR count). The fourth-order valence-electron chi connectivity index (χ4n) is 8.85. The first-order chi connectivity index (χ1) is 28.3. The first-order valence-corrected chi connectivity index (χ1v) is 19.7. The SMILES string of the molecule is c1ccc(-c2ccc(-c3cccc(-c4ccc5ccc6ccc7ccccc7c6c5c4)c3)cc2N(c2ccccc2)c2cc3ccccc3c3ccccc23)cc1. The van der Waals surface area contributed by atoms with E-state index in [0.717, 1.165) is 22.6 Å². The van der Waals surface area contributed by atoms with Crippen molar-refractivity contribution in [2.75, 3.05) is 4.90 Å². The van der Waals surface area contributed by atoms with Crippen LogP contribution in [0.25, 0.3) is 87.2 Å². The molecule has 0 aromatic heterocycles. The van der Waals surface area contributed by atoms with E-state index in [2.05, 4.69) is 229 Å². The number of benzene rings is 11. The number of nitrogens with zero attached hydrogens (tertiary/aromatic N) is 1. The van der Waals surface area contributed by atoms with Crippen molar-refractivity contribution in [3.8, 4) is 33.4 Å². The summed E-state index contributed by atoms with van der Waals surface area (Å²) in [4.78, 5) is 2.46. The molecule has 0 saturated heterocycles. The van der Waals surface area contributed by atoms with Gasteiger partial charge < -0.3 is 4.90 Å². The van der Waals surface area contributed by atoms with Crippen LogP contribution >= 0.6 is 0 Å². The molecule has 0 atom stereocenters. The lowest BCUT2D eigenvalue weighted by molar-refractivity contribution is 1.30. The summed E-state index contributed by atoms with van der Waals surface area (Å²) in [6.45, 7) is 0. The molecule has 0 heterocycles. The molecule has 0 saturated carbocycles. The fourth-order valence-corrected chi connectivity index (χ4v) is 8.85. The molecule has 0 fully saturated rings. The maximum absolute atomic E-state index is 2.46. The van der Waals surface area contributed by atoms with Crippen LogP contribution in [0.5, 0.6) is 0 Å². The molecule has 0 radical (unpaired) electrons. The highest BCUT2D eigenvalue weighted by Gasteiger charge is 2.21. The Morgan fingerprint density at radius 1 is 0.246 bits per heavy atom. The minimum Gasteiger partial charge on any atom is -0.309 e. The summed E-state index contributed by atoms with van der Waals surface area (Å²) in [5.74, 6) is 0. The molecule has 0 aliphatic carbocycles. The van der Waals surface area contributed by atoms with Gasteiger partial charge >= 0.3 is 0 Å². The van der Waals surface area contributed by atoms with Gasteiger partial charge in [-0.05, 0) is 113 Å². The molecule has 266 valence electrons. The maximum atomic E-state index is 2.46. The quantitative estimate of drug-likeness (QED) is 0.154. The Morgan fingerprint density at radius 2 is 0.772 bits per heavy atom. The molecule has 1 heteroatoms. The highest BCUT2D eigenvalue weighted by atomic mass is 15.1. The maximum Gasteiger partial charge on any atom is 0.0546 e. The zero-order chi connectivity index (χ0) is 37.7. The van der Waals surface area contributed by atoms with Crippen molar-refractivity contribution in [2.45, 2.75) is 0 Å². The highest BCUT2D eigenvalue weighted by Crippen LogP contribution is 2.47. The predicted molar refractivity (Wildman–Crippen MR) is 245 cm³/mol. The molecule has 0 amide bonds. The van der Waals surface area contributed by atoms with E-state index in [-0.39, 0.29) is 0 Å². The topological polar surface area (TPSA) is 3.24 Å². The lowest BCUT2D eigenvalue weighted by Gasteiger charge is -2.30. The van der Waals surface area contributed by atoms with Gasteiger partial charge in [-0.2, -0.15) is 0 Å². The van der Waals surface area contributed by atoms with Crippen LogP contribution in [-0.4, -0.2) is 0 Å². The van der Waals surface area contributed by atoms with Crippen molar-refractivity contribution in [3.05, 3.63) is 224 Å². The Balaban J connectivity index is 1.12. The van der Waals surface area contributed by atoms with E-state index in [4.69, 9.17) is 0 Å². The van der Waals surface area contributed by atoms with Crippen LogP contribution in [0.15, 0.2) is 224 Å². The van der Waals surface area contributed by atoms with E-state index < -0.39 is 0 Å². The zero-order valence-electron chi connectivity index (χ0n) is 31.3. The van der Waals surface area contributed by atoms with Gasteiger partial charge in [-0.25, -0.2) is 0 Å². The largest absolute Gasteiger partial charge is 0.309 e. The van der Waals surface area contributed by atoms with Gasteiger partial charge in [0, 0.05) is 16.6 Å². The third kappa shape index (κ3) is 5.72. The minimum atomic E-state index is 1.11. The van der Waals surface area contributed by atoms with Gasteiger partial charge in [-0.3, -0.25) is 0 Å². The summed E-state index contributed by atoms with van der Waals surface area (Å²) in [5, 5.41) is 12.6. The van der Waals surface area contributed by atoms with Crippen molar-refractivity contribution in [1.29, 1.82) is 0 Å². The van der Waals surface area contributed by atoms with Crippen LogP contribution in [-0.2, 0) is 0 Å². The van der Waals surface area contributed by atoms with Crippen LogP contribution in [0.1, 0.15) is 0 Å². The second kappa shape index (κ2) is 13.7. The van der Waals surface area contributed by atoms with Crippen molar-refractivity contribution < 1.29 is 0 Å². The summed E-state index contributed by atoms with van der Waals surface area (Å²) in [5.41, 5.74) is 10.5. The van der Waals surface area contributed by atoms with Gasteiger partial charge in [0.15, 0.2) is 0 Å². The smallest absolute Gasteiger partial charge is 0.0546 e. The van der Waals surface area contributed by atoms with Crippen molar-refractivity contribution in [1.82, 2.24) is 0 Å². The Hall–Kier alpha value is -7.48. The molecule has 0 N–H and O–H groups in total. The Bertz CT molecular complexity index is 3290. The molecule has 11 aromatic carbocycles. The predicted octanol–water partition coefficient (Wildman–Crippen LogP) is 15.9. The number of fused-ring (bicyclic) bond motifs is 8. The van der Waals surface area contributed by atoms with Crippen LogP contribution in [0.2, 0.25) is 0 Å².